The molecule has 1 aliphatic rings. The molecule has 1 fully saturated rings. The number of hydrogen-bond donors (Lipinski definition) is 0. The Kier molecular flexibility index (Phi) is 5.37. The van der Waals surface area contributed by atoms with E-state index in [1.165, 1.54) is 32.1 Å². The lowest BCUT2D eigenvalue weighted by Gasteiger charge is -2.16. The van der Waals surface area contributed by atoms with E-state index in [0.29, 0.717) is 5.92 Å². The molecular formula is C15H22O2. The van der Waals surface area contributed by atoms with Crippen LogP contribution < -0.4 is 4.74 Å². The van der Waals surface area contributed by atoms with Gasteiger partial charge in [-0.3, -0.25) is 0 Å². The standard InChI is InChI=1S/C15H22O2/c1-2-9-15(10-3-1)17-13-14-7-4-5-11-16-12-6-8-14/h1-3,9-10,14H,4-8,11-13H2. The van der Waals surface area contributed by atoms with Gasteiger partial charge in [-0.2, -0.15) is 0 Å². The van der Waals surface area contributed by atoms with Crippen molar-refractivity contribution in [2.24, 2.45) is 5.92 Å². The van der Waals surface area contributed by atoms with Crippen LogP contribution in [0.4, 0.5) is 0 Å². The molecule has 0 N–H and O–H groups in total. The molecule has 0 radical (unpaired) electrons. The van der Waals surface area contributed by atoms with E-state index >= 15 is 0 Å². The van der Waals surface area contributed by atoms with Crippen LogP contribution in [0.1, 0.15) is 32.1 Å². The second-order valence-corrected chi connectivity index (χ2v) is 4.74. The van der Waals surface area contributed by atoms with Crippen molar-refractivity contribution < 1.29 is 9.47 Å². The molecule has 0 aliphatic carbocycles. The predicted octanol–water partition coefficient (Wildman–Crippen LogP) is 3.66. The minimum absolute atomic E-state index is 0.692. The molecule has 1 aliphatic heterocycles. The molecule has 94 valence electrons. The third kappa shape index (κ3) is 4.78. The third-order valence-corrected chi connectivity index (χ3v) is 3.28. The Hall–Kier alpha value is -1.02. The summed E-state index contributed by atoms with van der Waals surface area (Å²) in [5, 5.41) is 0. The summed E-state index contributed by atoms with van der Waals surface area (Å²) in [6.07, 6.45) is 6.14. The van der Waals surface area contributed by atoms with E-state index in [1.807, 2.05) is 30.3 Å². The first kappa shape index (κ1) is 12.4. The quantitative estimate of drug-likeness (QED) is 0.794. The number of benzene rings is 1. The highest BCUT2D eigenvalue weighted by atomic mass is 16.5. The molecule has 1 aromatic carbocycles. The van der Waals surface area contributed by atoms with E-state index in [0.717, 1.165) is 25.6 Å². The highest BCUT2D eigenvalue weighted by Gasteiger charge is 2.11. The largest absolute Gasteiger partial charge is 0.493 e. The molecule has 1 aromatic rings. The fourth-order valence-corrected chi connectivity index (χ4v) is 2.26. The number of ether oxygens (including phenoxy) is 2. The van der Waals surface area contributed by atoms with Gasteiger partial charge in [-0.15, -0.1) is 0 Å². The van der Waals surface area contributed by atoms with Gasteiger partial charge in [-0.05, 0) is 43.7 Å². The van der Waals surface area contributed by atoms with Gasteiger partial charge >= 0.3 is 0 Å². The van der Waals surface area contributed by atoms with Crippen LogP contribution in [0.25, 0.3) is 0 Å². The Labute approximate surface area is 104 Å². The van der Waals surface area contributed by atoms with Crippen LogP contribution >= 0.6 is 0 Å². The normalized spacial score (nSPS) is 22.2. The van der Waals surface area contributed by atoms with E-state index in [9.17, 15) is 0 Å². The first-order valence-corrected chi connectivity index (χ1v) is 6.71. The van der Waals surface area contributed by atoms with Gasteiger partial charge in [-0.1, -0.05) is 24.6 Å². The van der Waals surface area contributed by atoms with Gasteiger partial charge in [0.05, 0.1) is 6.61 Å². The maximum atomic E-state index is 5.84. The molecule has 0 saturated carbocycles. The van der Waals surface area contributed by atoms with Gasteiger partial charge < -0.3 is 9.47 Å². The molecule has 0 aromatic heterocycles. The van der Waals surface area contributed by atoms with Gasteiger partial charge in [0.25, 0.3) is 0 Å². The molecule has 1 atom stereocenters. The van der Waals surface area contributed by atoms with E-state index in [-0.39, 0.29) is 0 Å². The monoisotopic (exact) mass is 234 g/mol. The highest BCUT2D eigenvalue weighted by Crippen LogP contribution is 2.19. The Bertz CT molecular complexity index is 287. The summed E-state index contributed by atoms with van der Waals surface area (Å²) in [5.74, 6) is 1.68. The molecule has 0 amide bonds. The number of para-hydroxylation sites is 1. The van der Waals surface area contributed by atoms with Gasteiger partial charge in [0.2, 0.25) is 0 Å². The van der Waals surface area contributed by atoms with Crippen LogP contribution in [0.5, 0.6) is 5.75 Å². The average molecular weight is 234 g/mol. The van der Waals surface area contributed by atoms with E-state index in [2.05, 4.69) is 0 Å². The van der Waals surface area contributed by atoms with Crippen LogP contribution in [0, 0.1) is 5.92 Å². The minimum atomic E-state index is 0.692. The van der Waals surface area contributed by atoms with E-state index in [1.54, 1.807) is 0 Å². The fourth-order valence-electron chi connectivity index (χ4n) is 2.26. The molecule has 0 spiro atoms. The van der Waals surface area contributed by atoms with Gasteiger partial charge in [-0.25, -0.2) is 0 Å². The molecule has 17 heavy (non-hydrogen) atoms. The molecule has 1 heterocycles. The van der Waals surface area contributed by atoms with Crippen molar-refractivity contribution in [1.29, 1.82) is 0 Å². The fraction of sp³-hybridized carbons (Fsp3) is 0.600. The second-order valence-electron chi connectivity index (χ2n) is 4.74. The predicted molar refractivity (Wildman–Crippen MR) is 69.3 cm³/mol. The molecule has 0 bridgehead atoms. The first-order valence-electron chi connectivity index (χ1n) is 6.71. The van der Waals surface area contributed by atoms with Crippen molar-refractivity contribution in [3.05, 3.63) is 30.3 Å². The van der Waals surface area contributed by atoms with Crippen LogP contribution in [0.15, 0.2) is 30.3 Å². The lowest BCUT2D eigenvalue weighted by molar-refractivity contribution is 0.129. The van der Waals surface area contributed by atoms with Crippen LogP contribution in [0.3, 0.4) is 0 Å². The zero-order valence-corrected chi connectivity index (χ0v) is 10.4. The Balaban J connectivity index is 1.76. The summed E-state index contributed by atoms with van der Waals surface area (Å²) >= 11 is 0. The zero-order valence-electron chi connectivity index (χ0n) is 10.4. The minimum Gasteiger partial charge on any atom is -0.493 e. The summed E-state index contributed by atoms with van der Waals surface area (Å²) in [4.78, 5) is 0. The lowest BCUT2D eigenvalue weighted by Crippen LogP contribution is -2.12. The van der Waals surface area contributed by atoms with Crippen molar-refractivity contribution in [1.82, 2.24) is 0 Å². The summed E-state index contributed by atoms with van der Waals surface area (Å²) in [6.45, 7) is 2.71. The summed E-state index contributed by atoms with van der Waals surface area (Å²) in [7, 11) is 0. The molecular weight excluding hydrogens is 212 g/mol. The zero-order chi connectivity index (χ0) is 11.8. The molecule has 2 rings (SSSR count). The Morgan fingerprint density at radius 3 is 2.65 bits per heavy atom. The topological polar surface area (TPSA) is 18.5 Å². The highest BCUT2D eigenvalue weighted by molar-refractivity contribution is 5.20. The van der Waals surface area contributed by atoms with Crippen molar-refractivity contribution in [3.63, 3.8) is 0 Å². The van der Waals surface area contributed by atoms with Gasteiger partial charge in [0.1, 0.15) is 5.75 Å². The van der Waals surface area contributed by atoms with Crippen LogP contribution in [-0.2, 0) is 4.74 Å². The first-order chi connectivity index (χ1) is 8.45. The molecule has 1 unspecified atom stereocenters. The smallest absolute Gasteiger partial charge is 0.119 e. The van der Waals surface area contributed by atoms with Crippen molar-refractivity contribution in [2.75, 3.05) is 19.8 Å². The van der Waals surface area contributed by atoms with E-state index in [4.69, 9.17) is 9.47 Å². The van der Waals surface area contributed by atoms with Crippen molar-refractivity contribution in [3.8, 4) is 5.75 Å². The second kappa shape index (κ2) is 7.33. The Morgan fingerprint density at radius 2 is 1.76 bits per heavy atom. The number of hydrogen-bond acceptors (Lipinski definition) is 2. The SMILES string of the molecule is c1ccc(OCC2CCCCOCCC2)cc1. The maximum absolute atomic E-state index is 5.84. The maximum Gasteiger partial charge on any atom is 0.119 e. The molecule has 2 heteroatoms. The third-order valence-electron chi connectivity index (χ3n) is 3.28. The summed E-state index contributed by atoms with van der Waals surface area (Å²) in [5.41, 5.74) is 0. The van der Waals surface area contributed by atoms with Crippen LogP contribution in [-0.4, -0.2) is 19.8 Å². The molecule has 2 nitrogen and oxygen atoms in total. The lowest BCUT2D eigenvalue weighted by atomic mass is 9.98. The summed E-state index contributed by atoms with van der Waals surface area (Å²) < 4.78 is 11.4. The van der Waals surface area contributed by atoms with Gasteiger partial charge in [0.15, 0.2) is 0 Å². The summed E-state index contributed by atoms with van der Waals surface area (Å²) in [6, 6.07) is 10.1. The Morgan fingerprint density at radius 1 is 1.00 bits per heavy atom. The molecule has 1 saturated heterocycles. The van der Waals surface area contributed by atoms with Crippen molar-refractivity contribution >= 4 is 0 Å². The number of rotatable bonds is 3. The van der Waals surface area contributed by atoms with Crippen molar-refractivity contribution in [2.45, 2.75) is 32.1 Å². The van der Waals surface area contributed by atoms with Crippen LogP contribution in [0.2, 0.25) is 0 Å². The average Bonchev–Trinajstić information content (AvgIpc) is 2.51. The van der Waals surface area contributed by atoms with E-state index < -0.39 is 0 Å². The van der Waals surface area contributed by atoms with Gasteiger partial charge in [0, 0.05) is 13.2 Å².